The molecule has 98 valence electrons. The molecule has 0 bridgehead atoms. The fourth-order valence-electron chi connectivity index (χ4n) is 3.11. The fourth-order valence-corrected chi connectivity index (χ4v) is 3.11. The highest BCUT2D eigenvalue weighted by Crippen LogP contribution is 2.45. The first kappa shape index (κ1) is 12.2. The molecule has 0 amide bonds. The number of nitrogens with one attached hydrogen (secondary N) is 1. The van der Waals surface area contributed by atoms with Crippen LogP contribution in [0.25, 0.3) is 0 Å². The first-order valence-electron chi connectivity index (χ1n) is 7.56. The average Bonchev–Trinajstić information content (AvgIpc) is 3.25. The number of hydrogen-bond acceptors (Lipinski definition) is 1. The lowest BCUT2D eigenvalue weighted by atomic mass is 9.93. The van der Waals surface area contributed by atoms with E-state index in [0.717, 1.165) is 17.9 Å². The highest BCUT2D eigenvalue weighted by Gasteiger charge is 2.42. The van der Waals surface area contributed by atoms with Crippen LogP contribution in [0.2, 0.25) is 0 Å². The van der Waals surface area contributed by atoms with E-state index in [-0.39, 0.29) is 0 Å². The lowest BCUT2D eigenvalue weighted by molar-refractivity contribution is 0.314. The highest BCUT2D eigenvalue weighted by molar-refractivity contribution is 5.20. The summed E-state index contributed by atoms with van der Waals surface area (Å²) in [5.41, 5.74) is 1.46. The minimum Gasteiger partial charge on any atom is -0.306 e. The highest BCUT2D eigenvalue weighted by atomic mass is 15.0. The van der Waals surface area contributed by atoms with Crippen molar-refractivity contribution in [1.82, 2.24) is 5.32 Å². The van der Waals surface area contributed by atoms with Crippen LogP contribution in [-0.2, 0) is 0 Å². The van der Waals surface area contributed by atoms with E-state index >= 15 is 0 Å². The summed E-state index contributed by atoms with van der Waals surface area (Å²) in [7, 11) is 0. The van der Waals surface area contributed by atoms with Crippen LogP contribution in [0, 0.1) is 17.8 Å². The molecule has 1 nitrogen and oxygen atoms in total. The zero-order chi connectivity index (χ0) is 12.5. The van der Waals surface area contributed by atoms with Crippen molar-refractivity contribution in [3.63, 3.8) is 0 Å². The molecule has 1 atom stereocenters. The van der Waals surface area contributed by atoms with E-state index in [9.17, 15) is 0 Å². The summed E-state index contributed by atoms with van der Waals surface area (Å²) >= 11 is 0. The van der Waals surface area contributed by atoms with Crippen molar-refractivity contribution in [2.75, 3.05) is 0 Å². The zero-order valence-electron chi connectivity index (χ0n) is 11.6. The summed E-state index contributed by atoms with van der Waals surface area (Å²) < 4.78 is 0. The molecule has 1 heteroatoms. The molecular formula is C17H25N. The van der Waals surface area contributed by atoms with Crippen LogP contribution in [0.5, 0.6) is 0 Å². The van der Waals surface area contributed by atoms with Gasteiger partial charge in [-0.15, -0.1) is 0 Å². The second-order valence-corrected chi connectivity index (χ2v) is 6.50. The van der Waals surface area contributed by atoms with E-state index in [1.54, 1.807) is 0 Å². The maximum atomic E-state index is 3.99. The van der Waals surface area contributed by atoms with Crippen LogP contribution in [0.15, 0.2) is 30.3 Å². The van der Waals surface area contributed by atoms with E-state index in [2.05, 4.69) is 49.5 Å². The molecule has 0 spiro atoms. The molecule has 0 saturated heterocycles. The number of benzene rings is 1. The standard InChI is InChI=1S/C17H25N/c1-12(2)16(13-6-4-3-5-7-13)18-17(14-8-9-14)15-10-11-15/h3-7,12,14-18H,8-11H2,1-2H3. The third-order valence-electron chi connectivity index (χ3n) is 4.46. The van der Waals surface area contributed by atoms with Crippen LogP contribution >= 0.6 is 0 Å². The summed E-state index contributed by atoms with van der Waals surface area (Å²) in [4.78, 5) is 0. The van der Waals surface area contributed by atoms with Gasteiger partial charge < -0.3 is 5.32 Å². The monoisotopic (exact) mass is 243 g/mol. The van der Waals surface area contributed by atoms with E-state index in [1.165, 1.54) is 31.2 Å². The molecular weight excluding hydrogens is 218 g/mol. The predicted octanol–water partition coefficient (Wildman–Crippen LogP) is 4.16. The molecule has 2 fully saturated rings. The van der Waals surface area contributed by atoms with Gasteiger partial charge in [0.05, 0.1) is 0 Å². The van der Waals surface area contributed by atoms with Crippen molar-refractivity contribution in [1.29, 1.82) is 0 Å². The summed E-state index contributed by atoms with van der Waals surface area (Å²) in [6.45, 7) is 4.67. The van der Waals surface area contributed by atoms with Crippen LogP contribution in [0.1, 0.15) is 51.1 Å². The number of rotatable bonds is 6. The molecule has 0 heterocycles. The second-order valence-electron chi connectivity index (χ2n) is 6.50. The Morgan fingerprint density at radius 3 is 1.94 bits per heavy atom. The van der Waals surface area contributed by atoms with Gasteiger partial charge in [-0.25, -0.2) is 0 Å². The quantitative estimate of drug-likeness (QED) is 0.791. The lowest BCUT2D eigenvalue weighted by Gasteiger charge is -2.29. The molecule has 0 radical (unpaired) electrons. The minimum absolute atomic E-state index is 0.525. The maximum Gasteiger partial charge on any atom is 0.0346 e. The fraction of sp³-hybridized carbons (Fsp3) is 0.647. The van der Waals surface area contributed by atoms with Gasteiger partial charge in [-0.1, -0.05) is 44.2 Å². The van der Waals surface area contributed by atoms with Gasteiger partial charge in [-0.2, -0.15) is 0 Å². The topological polar surface area (TPSA) is 12.0 Å². The van der Waals surface area contributed by atoms with Gasteiger partial charge in [0.15, 0.2) is 0 Å². The first-order valence-corrected chi connectivity index (χ1v) is 7.56. The van der Waals surface area contributed by atoms with Gasteiger partial charge in [0.1, 0.15) is 0 Å². The summed E-state index contributed by atoms with van der Waals surface area (Å²) in [5.74, 6) is 2.61. The molecule has 3 rings (SSSR count). The first-order chi connectivity index (χ1) is 8.75. The van der Waals surface area contributed by atoms with Gasteiger partial charge in [-0.05, 0) is 49.0 Å². The number of hydrogen-bond donors (Lipinski definition) is 1. The second kappa shape index (κ2) is 5.05. The van der Waals surface area contributed by atoms with E-state index in [1.807, 2.05) is 0 Å². The molecule has 18 heavy (non-hydrogen) atoms. The van der Waals surface area contributed by atoms with Crippen molar-refractivity contribution in [2.24, 2.45) is 17.8 Å². The molecule has 2 aliphatic carbocycles. The molecule has 2 aliphatic rings. The van der Waals surface area contributed by atoms with Gasteiger partial charge in [0.2, 0.25) is 0 Å². The average molecular weight is 243 g/mol. The van der Waals surface area contributed by atoms with Gasteiger partial charge in [0, 0.05) is 12.1 Å². The Morgan fingerprint density at radius 2 is 1.50 bits per heavy atom. The van der Waals surface area contributed by atoms with E-state index < -0.39 is 0 Å². The summed E-state index contributed by atoms with van der Waals surface area (Å²) in [6.07, 6.45) is 5.81. The molecule has 1 aromatic carbocycles. The Kier molecular flexibility index (Phi) is 3.43. The van der Waals surface area contributed by atoms with Crippen molar-refractivity contribution < 1.29 is 0 Å². The van der Waals surface area contributed by atoms with Gasteiger partial charge in [0.25, 0.3) is 0 Å². The molecule has 0 aliphatic heterocycles. The molecule has 1 N–H and O–H groups in total. The maximum absolute atomic E-state index is 3.99. The molecule has 2 saturated carbocycles. The van der Waals surface area contributed by atoms with Gasteiger partial charge >= 0.3 is 0 Å². The Hall–Kier alpha value is -0.820. The predicted molar refractivity (Wildman–Crippen MR) is 76.4 cm³/mol. The van der Waals surface area contributed by atoms with E-state index in [0.29, 0.717) is 12.0 Å². The van der Waals surface area contributed by atoms with Crippen molar-refractivity contribution in [3.8, 4) is 0 Å². The third kappa shape index (κ3) is 2.77. The Balaban J connectivity index is 1.73. The molecule has 1 unspecified atom stereocenters. The normalized spacial score (nSPS) is 21.6. The smallest absolute Gasteiger partial charge is 0.0346 e. The summed E-state index contributed by atoms with van der Waals surface area (Å²) in [5, 5.41) is 3.99. The van der Waals surface area contributed by atoms with Crippen molar-refractivity contribution in [2.45, 2.75) is 51.6 Å². The lowest BCUT2D eigenvalue weighted by Crippen LogP contribution is -2.38. The molecule has 1 aromatic rings. The largest absolute Gasteiger partial charge is 0.306 e. The minimum atomic E-state index is 0.525. The van der Waals surface area contributed by atoms with Crippen molar-refractivity contribution >= 4 is 0 Å². The Labute approximate surface area is 111 Å². The van der Waals surface area contributed by atoms with Gasteiger partial charge in [-0.3, -0.25) is 0 Å². The van der Waals surface area contributed by atoms with E-state index in [4.69, 9.17) is 0 Å². The zero-order valence-corrected chi connectivity index (χ0v) is 11.6. The Bertz CT molecular complexity index is 364. The third-order valence-corrected chi connectivity index (χ3v) is 4.46. The Morgan fingerprint density at radius 1 is 0.944 bits per heavy atom. The summed E-state index contributed by atoms with van der Waals surface area (Å²) in [6, 6.07) is 12.3. The van der Waals surface area contributed by atoms with Crippen molar-refractivity contribution in [3.05, 3.63) is 35.9 Å². The van der Waals surface area contributed by atoms with Crippen LogP contribution in [0.3, 0.4) is 0 Å². The SMILES string of the molecule is CC(C)C(NC(C1CC1)C1CC1)c1ccccc1. The molecule has 0 aromatic heterocycles. The van der Waals surface area contributed by atoms with Crippen LogP contribution in [-0.4, -0.2) is 6.04 Å². The van der Waals surface area contributed by atoms with Crippen LogP contribution in [0.4, 0.5) is 0 Å². The van der Waals surface area contributed by atoms with Crippen LogP contribution < -0.4 is 5.32 Å².